The van der Waals surface area contributed by atoms with Crippen molar-refractivity contribution in [3.8, 4) is 0 Å². The maximum absolute atomic E-state index is 5.63. The summed E-state index contributed by atoms with van der Waals surface area (Å²) in [7, 11) is 1.89. The first-order valence-corrected chi connectivity index (χ1v) is 4.58. The Morgan fingerprint density at radius 3 is 2.46 bits per heavy atom. The molecule has 1 aromatic rings. The zero-order chi connectivity index (χ0) is 10.1. The highest BCUT2D eigenvalue weighted by Gasteiger charge is 2.20. The Morgan fingerprint density at radius 1 is 1.46 bits per heavy atom. The van der Waals surface area contributed by atoms with Crippen LogP contribution in [0.1, 0.15) is 45.4 Å². The molecule has 1 heterocycles. The lowest BCUT2D eigenvalue weighted by Crippen LogP contribution is -2.13. The number of hydrogen-bond donors (Lipinski definition) is 1. The highest BCUT2D eigenvalue weighted by Crippen LogP contribution is 2.24. The number of rotatable bonds is 2. The summed E-state index contributed by atoms with van der Waals surface area (Å²) >= 11 is 0. The van der Waals surface area contributed by atoms with Gasteiger partial charge in [-0.15, -0.1) is 0 Å². The van der Waals surface area contributed by atoms with E-state index in [-0.39, 0.29) is 11.5 Å². The normalized spacial score (nSPS) is 14.5. The first-order valence-electron chi connectivity index (χ1n) is 4.58. The summed E-state index contributed by atoms with van der Waals surface area (Å²) in [5.74, 6) is 1.69. The molecule has 3 heteroatoms. The number of hydrogen-bond acceptors (Lipinski definition) is 3. The molecule has 0 saturated carbocycles. The van der Waals surface area contributed by atoms with E-state index in [0.29, 0.717) is 0 Å². The van der Waals surface area contributed by atoms with Crippen LogP contribution in [0.2, 0.25) is 0 Å². The third-order valence-electron chi connectivity index (χ3n) is 2.07. The Balaban J connectivity index is 2.87. The van der Waals surface area contributed by atoms with E-state index in [1.165, 1.54) is 0 Å². The predicted octanol–water partition coefficient (Wildman–Crippen LogP) is 2.25. The zero-order valence-corrected chi connectivity index (χ0v) is 9.01. The van der Waals surface area contributed by atoms with Gasteiger partial charge in [0.05, 0.1) is 12.2 Å². The van der Waals surface area contributed by atoms with E-state index < -0.39 is 0 Å². The van der Waals surface area contributed by atoms with Gasteiger partial charge in [0.2, 0.25) is 5.89 Å². The van der Waals surface area contributed by atoms with Gasteiger partial charge in [0.15, 0.2) is 0 Å². The molecule has 0 aliphatic heterocycles. The molecule has 0 fully saturated rings. The molecule has 0 amide bonds. The fourth-order valence-corrected chi connectivity index (χ4v) is 0.958. The first-order chi connectivity index (χ1) is 5.95. The van der Waals surface area contributed by atoms with Gasteiger partial charge in [0, 0.05) is 5.41 Å². The second-order valence-corrected chi connectivity index (χ2v) is 4.32. The van der Waals surface area contributed by atoms with Gasteiger partial charge in [-0.25, -0.2) is 4.98 Å². The van der Waals surface area contributed by atoms with Gasteiger partial charge in [0.1, 0.15) is 5.76 Å². The monoisotopic (exact) mass is 182 g/mol. The van der Waals surface area contributed by atoms with E-state index in [4.69, 9.17) is 4.42 Å². The van der Waals surface area contributed by atoms with Crippen molar-refractivity contribution >= 4 is 0 Å². The van der Waals surface area contributed by atoms with Crippen LogP contribution in [0.15, 0.2) is 10.6 Å². The van der Waals surface area contributed by atoms with E-state index in [9.17, 15) is 0 Å². The lowest BCUT2D eigenvalue weighted by Gasteiger charge is -2.13. The second-order valence-electron chi connectivity index (χ2n) is 4.32. The summed E-state index contributed by atoms with van der Waals surface area (Å²) < 4.78 is 5.63. The number of oxazole rings is 1. The standard InChI is InChI=1S/C10H18N2O/c1-7(11-5)9-12-6-8(13-9)10(2,3)4/h6-7,11H,1-5H3. The van der Waals surface area contributed by atoms with Crippen molar-refractivity contribution in [2.24, 2.45) is 0 Å². The molecular formula is C10H18N2O. The second kappa shape index (κ2) is 3.50. The van der Waals surface area contributed by atoms with E-state index in [0.717, 1.165) is 11.7 Å². The topological polar surface area (TPSA) is 38.1 Å². The molecule has 0 aliphatic carbocycles. The first kappa shape index (κ1) is 10.3. The Hall–Kier alpha value is -0.830. The van der Waals surface area contributed by atoms with Crippen LogP contribution >= 0.6 is 0 Å². The van der Waals surface area contributed by atoms with Gasteiger partial charge in [-0.2, -0.15) is 0 Å². The molecule has 0 bridgehead atoms. The largest absolute Gasteiger partial charge is 0.443 e. The highest BCUT2D eigenvalue weighted by molar-refractivity contribution is 5.07. The summed E-state index contributed by atoms with van der Waals surface area (Å²) in [4.78, 5) is 4.22. The van der Waals surface area contributed by atoms with E-state index in [1.807, 2.05) is 20.2 Å². The lowest BCUT2D eigenvalue weighted by atomic mass is 9.94. The van der Waals surface area contributed by atoms with Crippen LogP contribution in [0.25, 0.3) is 0 Å². The summed E-state index contributed by atoms with van der Waals surface area (Å²) in [6.07, 6.45) is 1.81. The predicted molar refractivity (Wildman–Crippen MR) is 52.7 cm³/mol. The third-order valence-corrected chi connectivity index (χ3v) is 2.07. The van der Waals surface area contributed by atoms with Crippen LogP contribution in [-0.4, -0.2) is 12.0 Å². The maximum atomic E-state index is 5.63. The summed E-state index contributed by atoms with van der Waals surface area (Å²) in [5, 5.41) is 3.09. The van der Waals surface area contributed by atoms with Crippen molar-refractivity contribution < 1.29 is 4.42 Å². The van der Waals surface area contributed by atoms with Crippen molar-refractivity contribution in [2.45, 2.75) is 39.2 Å². The molecule has 1 atom stereocenters. The van der Waals surface area contributed by atoms with Gasteiger partial charge in [0.25, 0.3) is 0 Å². The Labute approximate surface area is 79.5 Å². The van der Waals surface area contributed by atoms with Gasteiger partial charge >= 0.3 is 0 Å². The van der Waals surface area contributed by atoms with Crippen molar-refractivity contribution in [3.63, 3.8) is 0 Å². The molecule has 74 valence electrons. The van der Waals surface area contributed by atoms with E-state index >= 15 is 0 Å². The summed E-state index contributed by atoms with van der Waals surface area (Å²) in [6, 6.07) is 0.177. The van der Waals surface area contributed by atoms with Crippen LogP contribution in [0.3, 0.4) is 0 Å². The maximum Gasteiger partial charge on any atom is 0.211 e. The Kier molecular flexibility index (Phi) is 2.76. The molecule has 3 nitrogen and oxygen atoms in total. The zero-order valence-electron chi connectivity index (χ0n) is 9.01. The summed E-state index contributed by atoms with van der Waals surface area (Å²) in [5.41, 5.74) is 0.0404. The molecule has 0 radical (unpaired) electrons. The van der Waals surface area contributed by atoms with Crippen LogP contribution in [0.4, 0.5) is 0 Å². The average Bonchev–Trinajstić information content (AvgIpc) is 2.50. The van der Waals surface area contributed by atoms with Gasteiger partial charge in [-0.05, 0) is 14.0 Å². The minimum absolute atomic E-state index is 0.0404. The molecule has 0 aliphatic rings. The average molecular weight is 182 g/mol. The van der Waals surface area contributed by atoms with Crippen molar-refractivity contribution in [3.05, 3.63) is 17.8 Å². The van der Waals surface area contributed by atoms with Gasteiger partial charge in [-0.1, -0.05) is 20.8 Å². The van der Waals surface area contributed by atoms with Crippen LogP contribution in [-0.2, 0) is 5.41 Å². The van der Waals surface area contributed by atoms with E-state index in [2.05, 4.69) is 31.1 Å². The molecule has 1 N–H and O–H groups in total. The van der Waals surface area contributed by atoms with Crippen LogP contribution in [0.5, 0.6) is 0 Å². The number of aromatic nitrogens is 1. The SMILES string of the molecule is CNC(C)c1ncc(C(C)(C)C)o1. The molecule has 1 rings (SSSR count). The summed E-state index contributed by atoms with van der Waals surface area (Å²) in [6.45, 7) is 8.36. The smallest absolute Gasteiger partial charge is 0.211 e. The number of nitrogens with one attached hydrogen (secondary N) is 1. The molecule has 1 unspecified atom stereocenters. The highest BCUT2D eigenvalue weighted by atomic mass is 16.4. The van der Waals surface area contributed by atoms with Crippen LogP contribution in [0, 0.1) is 0 Å². The van der Waals surface area contributed by atoms with Crippen molar-refractivity contribution in [2.75, 3.05) is 7.05 Å². The van der Waals surface area contributed by atoms with E-state index in [1.54, 1.807) is 0 Å². The minimum Gasteiger partial charge on any atom is -0.443 e. The third kappa shape index (κ3) is 2.31. The quantitative estimate of drug-likeness (QED) is 0.762. The van der Waals surface area contributed by atoms with Crippen molar-refractivity contribution in [1.29, 1.82) is 0 Å². The lowest BCUT2D eigenvalue weighted by molar-refractivity contribution is 0.358. The molecule has 13 heavy (non-hydrogen) atoms. The van der Waals surface area contributed by atoms with Crippen LogP contribution < -0.4 is 5.32 Å². The fourth-order valence-electron chi connectivity index (χ4n) is 0.958. The fraction of sp³-hybridized carbons (Fsp3) is 0.700. The van der Waals surface area contributed by atoms with Gasteiger partial charge < -0.3 is 9.73 Å². The number of nitrogens with zero attached hydrogens (tertiary/aromatic N) is 1. The Morgan fingerprint density at radius 2 is 2.08 bits per heavy atom. The molecule has 0 spiro atoms. The Bertz CT molecular complexity index is 273. The molecule has 1 aromatic heterocycles. The van der Waals surface area contributed by atoms with Crippen molar-refractivity contribution in [1.82, 2.24) is 10.3 Å². The molecular weight excluding hydrogens is 164 g/mol. The van der Waals surface area contributed by atoms with Gasteiger partial charge in [-0.3, -0.25) is 0 Å². The molecule has 0 saturated heterocycles. The molecule has 0 aromatic carbocycles. The minimum atomic E-state index is 0.0404.